The topological polar surface area (TPSA) is 70.6 Å². The van der Waals surface area contributed by atoms with E-state index in [1.54, 1.807) is 24.3 Å². The van der Waals surface area contributed by atoms with E-state index in [0.29, 0.717) is 12.0 Å². The molecule has 5 heteroatoms. The number of carbonyl (C=O) groups is 2. The van der Waals surface area contributed by atoms with Crippen LogP contribution in [-0.4, -0.2) is 23.6 Å². The molecule has 5 nitrogen and oxygen atoms in total. The van der Waals surface area contributed by atoms with Crippen LogP contribution in [-0.2, 0) is 11.2 Å². The predicted octanol–water partition coefficient (Wildman–Crippen LogP) is 3.18. The number of benzene rings is 2. The van der Waals surface area contributed by atoms with E-state index in [2.05, 4.69) is 15.8 Å². The lowest BCUT2D eigenvalue weighted by molar-refractivity contribution is -0.123. The summed E-state index contributed by atoms with van der Waals surface area (Å²) in [6, 6.07) is 18.1. The highest BCUT2D eigenvalue weighted by atomic mass is 16.2. The second-order valence-corrected chi connectivity index (χ2v) is 6.55. The zero-order chi connectivity index (χ0) is 18.9. The summed E-state index contributed by atoms with van der Waals surface area (Å²) in [6.45, 7) is 5.63. The molecule has 2 amide bonds. The molecule has 1 atom stereocenters. The molecule has 26 heavy (non-hydrogen) atoms. The maximum Gasteiger partial charge on any atom is 0.262 e. The molecule has 2 aromatic carbocycles. The van der Waals surface area contributed by atoms with Gasteiger partial charge in [0.05, 0.1) is 0 Å². The lowest BCUT2D eigenvalue weighted by atomic mass is 10.0. The van der Waals surface area contributed by atoms with Crippen LogP contribution in [0.4, 0.5) is 0 Å². The minimum atomic E-state index is -0.656. The Morgan fingerprint density at radius 1 is 0.962 bits per heavy atom. The fourth-order valence-electron chi connectivity index (χ4n) is 2.50. The van der Waals surface area contributed by atoms with E-state index in [4.69, 9.17) is 0 Å². The molecule has 0 heterocycles. The van der Waals surface area contributed by atoms with E-state index >= 15 is 0 Å². The van der Waals surface area contributed by atoms with Crippen LogP contribution in [0.15, 0.2) is 65.8 Å². The summed E-state index contributed by atoms with van der Waals surface area (Å²) in [5.41, 5.74) is 5.02. The second-order valence-electron chi connectivity index (χ2n) is 6.55. The van der Waals surface area contributed by atoms with Crippen LogP contribution in [0.1, 0.15) is 36.7 Å². The standard InChI is InChI=1S/C21H25N3O2/c1-15(2)19(22-20(25)18-12-8-5-9-13-18)21(26)24-23-16(3)14-17-10-6-4-7-11-17/h4-13,15,19H,14H2,1-3H3,(H,22,25)(H,24,26)/t19-/m0/s1. The van der Waals surface area contributed by atoms with Crippen molar-refractivity contribution in [2.24, 2.45) is 11.0 Å². The molecule has 0 unspecified atom stereocenters. The molecule has 0 spiro atoms. The summed E-state index contributed by atoms with van der Waals surface area (Å²) in [5.74, 6) is -0.659. The first-order valence-electron chi connectivity index (χ1n) is 8.70. The summed E-state index contributed by atoms with van der Waals surface area (Å²) in [7, 11) is 0. The van der Waals surface area contributed by atoms with Crippen molar-refractivity contribution < 1.29 is 9.59 Å². The van der Waals surface area contributed by atoms with Gasteiger partial charge in [-0.1, -0.05) is 62.4 Å². The van der Waals surface area contributed by atoms with Gasteiger partial charge in [-0.2, -0.15) is 5.10 Å². The Bertz CT molecular complexity index is 755. The van der Waals surface area contributed by atoms with Gasteiger partial charge in [0.15, 0.2) is 0 Å². The summed E-state index contributed by atoms with van der Waals surface area (Å²) in [4.78, 5) is 24.8. The van der Waals surface area contributed by atoms with Crippen molar-refractivity contribution in [3.05, 3.63) is 71.8 Å². The molecular formula is C21H25N3O2. The molecule has 0 aliphatic carbocycles. The lowest BCUT2D eigenvalue weighted by Gasteiger charge is -2.20. The monoisotopic (exact) mass is 351 g/mol. The molecule has 0 radical (unpaired) electrons. The highest BCUT2D eigenvalue weighted by molar-refractivity contribution is 5.97. The third-order valence-corrected chi connectivity index (χ3v) is 3.93. The van der Waals surface area contributed by atoms with Crippen LogP contribution in [0.3, 0.4) is 0 Å². The van der Waals surface area contributed by atoms with E-state index in [0.717, 1.165) is 11.3 Å². The number of hydrogen-bond donors (Lipinski definition) is 2. The van der Waals surface area contributed by atoms with Gasteiger partial charge in [-0.15, -0.1) is 0 Å². The number of nitrogens with one attached hydrogen (secondary N) is 2. The van der Waals surface area contributed by atoms with Crippen molar-refractivity contribution >= 4 is 17.5 Å². The van der Waals surface area contributed by atoms with Gasteiger partial charge < -0.3 is 5.32 Å². The number of amides is 2. The molecule has 0 saturated carbocycles. The van der Waals surface area contributed by atoms with Gasteiger partial charge in [0.2, 0.25) is 0 Å². The Kier molecular flexibility index (Phi) is 7.09. The molecule has 2 rings (SSSR count). The lowest BCUT2D eigenvalue weighted by Crippen LogP contribution is -2.48. The fourth-order valence-corrected chi connectivity index (χ4v) is 2.50. The average molecular weight is 351 g/mol. The fraction of sp³-hybridized carbons (Fsp3) is 0.286. The highest BCUT2D eigenvalue weighted by Crippen LogP contribution is 2.06. The number of hydrazone groups is 1. The summed E-state index contributed by atoms with van der Waals surface area (Å²) in [5, 5.41) is 6.95. The maximum absolute atomic E-state index is 12.5. The van der Waals surface area contributed by atoms with Crippen molar-refractivity contribution in [2.45, 2.75) is 33.2 Å². The zero-order valence-electron chi connectivity index (χ0n) is 15.4. The van der Waals surface area contributed by atoms with Crippen molar-refractivity contribution in [1.82, 2.24) is 10.7 Å². The molecule has 0 fully saturated rings. The number of nitrogens with zero attached hydrogens (tertiary/aromatic N) is 1. The van der Waals surface area contributed by atoms with E-state index < -0.39 is 6.04 Å². The normalized spacial score (nSPS) is 12.5. The average Bonchev–Trinajstić information content (AvgIpc) is 2.65. The van der Waals surface area contributed by atoms with Crippen molar-refractivity contribution in [2.75, 3.05) is 0 Å². The molecule has 2 N–H and O–H groups in total. The van der Waals surface area contributed by atoms with Gasteiger partial charge in [0, 0.05) is 17.7 Å². The van der Waals surface area contributed by atoms with Crippen LogP contribution in [0, 0.1) is 5.92 Å². The largest absolute Gasteiger partial charge is 0.340 e. The van der Waals surface area contributed by atoms with Crippen LogP contribution >= 0.6 is 0 Å². The number of carbonyl (C=O) groups excluding carboxylic acids is 2. The molecule has 0 bridgehead atoms. The van der Waals surface area contributed by atoms with E-state index in [9.17, 15) is 9.59 Å². The first kappa shape index (κ1) is 19.4. The smallest absolute Gasteiger partial charge is 0.262 e. The minimum Gasteiger partial charge on any atom is -0.340 e. The van der Waals surface area contributed by atoms with Gasteiger partial charge in [0.1, 0.15) is 6.04 Å². The molecule has 136 valence electrons. The molecule has 0 aromatic heterocycles. The molecule has 0 aliphatic rings. The number of rotatable bonds is 7. The Balaban J connectivity index is 1.97. The zero-order valence-corrected chi connectivity index (χ0v) is 15.4. The van der Waals surface area contributed by atoms with Crippen LogP contribution < -0.4 is 10.7 Å². The quantitative estimate of drug-likeness (QED) is 0.594. The Hall–Kier alpha value is -2.95. The van der Waals surface area contributed by atoms with Crippen LogP contribution in [0.5, 0.6) is 0 Å². The minimum absolute atomic E-state index is 0.0627. The van der Waals surface area contributed by atoms with Gasteiger partial charge in [-0.05, 0) is 30.5 Å². The first-order valence-corrected chi connectivity index (χ1v) is 8.70. The van der Waals surface area contributed by atoms with Gasteiger partial charge >= 0.3 is 0 Å². The number of hydrogen-bond acceptors (Lipinski definition) is 3. The van der Waals surface area contributed by atoms with Gasteiger partial charge in [-0.25, -0.2) is 5.43 Å². The highest BCUT2D eigenvalue weighted by Gasteiger charge is 2.24. The Labute approximate surface area is 154 Å². The Morgan fingerprint density at radius 2 is 1.54 bits per heavy atom. The Morgan fingerprint density at radius 3 is 2.12 bits per heavy atom. The molecule has 2 aromatic rings. The van der Waals surface area contributed by atoms with E-state index in [1.165, 1.54) is 0 Å². The molecule has 0 saturated heterocycles. The summed E-state index contributed by atoms with van der Waals surface area (Å²) >= 11 is 0. The second kappa shape index (κ2) is 9.51. The molecule has 0 aliphatic heterocycles. The van der Waals surface area contributed by atoms with Crippen molar-refractivity contribution in [1.29, 1.82) is 0 Å². The summed E-state index contributed by atoms with van der Waals surface area (Å²) in [6.07, 6.45) is 0.657. The van der Waals surface area contributed by atoms with Crippen LogP contribution in [0.2, 0.25) is 0 Å². The molecular weight excluding hydrogens is 326 g/mol. The van der Waals surface area contributed by atoms with Gasteiger partial charge in [-0.3, -0.25) is 9.59 Å². The SMILES string of the molecule is CC(Cc1ccccc1)=NNC(=O)[C@@H](NC(=O)c1ccccc1)C(C)C. The first-order chi connectivity index (χ1) is 12.5. The van der Waals surface area contributed by atoms with Crippen LogP contribution in [0.25, 0.3) is 0 Å². The van der Waals surface area contributed by atoms with Crippen molar-refractivity contribution in [3.8, 4) is 0 Å². The predicted molar refractivity (Wildman–Crippen MR) is 104 cm³/mol. The van der Waals surface area contributed by atoms with Crippen molar-refractivity contribution in [3.63, 3.8) is 0 Å². The third-order valence-electron chi connectivity index (χ3n) is 3.93. The van der Waals surface area contributed by atoms with E-state index in [1.807, 2.05) is 57.2 Å². The third kappa shape index (κ3) is 5.84. The maximum atomic E-state index is 12.5. The summed E-state index contributed by atoms with van der Waals surface area (Å²) < 4.78 is 0. The van der Waals surface area contributed by atoms with E-state index in [-0.39, 0.29) is 17.7 Å². The van der Waals surface area contributed by atoms with Gasteiger partial charge in [0.25, 0.3) is 11.8 Å².